The number of rotatable bonds is 7. The van der Waals surface area contributed by atoms with Crippen molar-refractivity contribution in [1.29, 1.82) is 0 Å². The monoisotopic (exact) mass is 609 g/mol. The zero-order valence-corrected chi connectivity index (χ0v) is 24.8. The topological polar surface area (TPSA) is 61.8 Å². The minimum Gasteiger partial charge on any atom is -0.481 e. The number of amides is 1. The number of carbonyl (C=O) groups is 1. The van der Waals surface area contributed by atoms with E-state index in [-0.39, 0.29) is 5.91 Å². The van der Waals surface area contributed by atoms with Gasteiger partial charge < -0.3 is 9.64 Å². The lowest BCUT2D eigenvalue weighted by molar-refractivity contribution is -0.137. The molecule has 0 N–H and O–H groups in total. The number of hydrogen-bond acceptors (Lipinski definition) is 7. The molecule has 0 aliphatic carbocycles. The molecule has 2 fully saturated rings. The molecule has 226 valence electrons. The van der Waals surface area contributed by atoms with Crippen molar-refractivity contribution in [3.63, 3.8) is 0 Å². The molecule has 0 unspecified atom stereocenters. The number of nitrogens with zero attached hydrogens (tertiary/aromatic N) is 5. The Labute approximate surface area is 252 Å². The fourth-order valence-electron chi connectivity index (χ4n) is 5.90. The van der Waals surface area contributed by atoms with Crippen molar-refractivity contribution >= 4 is 27.5 Å². The van der Waals surface area contributed by atoms with Crippen LogP contribution in [-0.4, -0.2) is 77.0 Å². The molecule has 1 amide bonds. The predicted molar refractivity (Wildman–Crippen MR) is 160 cm³/mol. The van der Waals surface area contributed by atoms with Gasteiger partial charge in [0.15, 0.2) is 5.01 Å². The summed E-state index contributed by atoms with van der Waals surface area (Å²) in [6.07, 6.45) is -0.292. The fraction of sp³-hybridized carbons (Fsp3) is 0.406. The van der Waals surface area contributed by atoms with Crippen LogP contribution in [0.5, 0.6) is 5.88 Å². The maximum atomic E-state index is 13.3. The number of fused-ring (bicyclic) bond motifs is 1. The fourth-order valence-corrected chi connectivity index (χ4v) is 6.88. The van der Waals surface area contributed by atoms with Crippen molar-refractivity contribution in [2.24, 2.45) is 0 Å². The zero-order valence-electron chi connectivity index (χ0n) is 24.0. The quantitative estimate of drug-likeness (QED) is 0.254. The first-order valence-corrected chi connectivity index (χ1v) is 15.4. The Kier molecular flexibility index (Phi) is 8.65. The van der Waals surface area contributed by atoms with Crippen LogP contribution in [0.25, 0.3) is 10.2 Å². The van der Waals surface area contributed by atoms with Crippen LogP contribution in [0.1, 0.15) is 50.8 Å². The lowest BCUT2D eigenvalue weighted by Gasteiger charge is -2.34. The molecule has 2 aliphatic heterocycles. The molecule has 11 heteroatoms. The van der Waals surface area contributed by atoms with Crippen LogP contribution >= 0.6 is 11.3 Å². The summed E-state index contributed by atoms with van der Waals surface area (Å²) >= 11 is 1.45. The van der Waals surface area contributed by atoms with Crippen LogP contribution < -0.4 is 4.74 Å². The van der Waals surface area contributed by atoms with Crippen molar-refractivity contribution in [3.05, 3.63) is 88.1 Å². The summed E-state index contributed by atoms with van der Waals surface area (Å²) in [6, 6.07) is 15.7. The number of carbonyl (C=O) groups excluding carboxylic acids is 1. The van der Waals surface area contributed by atoms with E-state index in [0.717, 1.165) is 60.4 Å². The number of methoxy groups -OCH3 is 1. The van der Waals surface area contributed by atoms with Crippen LogP contribution in [0.2, 0.25) is 0 Å². The van der Waals surface area contributed by atoms with Gasteiger partial charge in [-0.25, -0.2) is 9.97 Å². The Hall–Kier alpha value is -3.54. The average molecular weight is 610 g/mol. The van der Waals surface area contributed by atoms with E-state index >= 15 is 0 Å². The lowest BCUT2D eigenvalue weighted by Crippen LogP contribution is -2.48. The van der Waals surface area contributed by atoms with Gasteiger partial charge in [0.05, 0.1) is 22.9 Å². The molecule has 0 bridgehead atoms. The molecule has 2 aromatic carbocycles. The Morgan fingerprint density at radius 1 is 0.907 bits per heavy atom. The van der Waals surface area contributed by atoms with Crippen molar-refractivity contribution in [2.45, 2.75) is 38.0 Å². The molecule has 6 rings (SSSR count). The van der Waals surface area contributed by atoms with Gasteiger partial charge in [0.25, 0.3) is 5.91 Å². The molecule has 0 saturated carbocycles. The number of piperazine rings is 1. The number of ether oxygens (including phenoxy) is 1. The second-order valence-electron chi connectivity index (χ2n) is 11.3. The van der Waals surface area contributed by atoms with Gasteiger partial charge in [-0.2, -0.15) is 13.2 Å². The van der Waals surface area contributed by atoms with Crippen molar-refractivity contribution < 1.29 is 22.7 Å². The van der Waals surface area contributed by atoms with Crippen LogP contribution in [0.4, 0.5) is 13.2 Å². The predicted octanol–water partition coefficient (Wildman–Crippen LogP) is 6.06. The maximum Gasteiger partial charge on any atom is 0.416 e. The summed E-state index contributed by atoms with van der Waals surface area (Å²) in [5.74, 6) is 1.05. The molecule has 0 radical (unpaired) electrons. The molecular formula is C32H34F3N5O2S. The summed E-state index contributed by atoms with van der Waals surface area (Å²) in [5, 5.41) is 0.506. The van der Waals surface area contributed by atoms with E-state index in [1.807, 2.05) is 23.2 Å². The third-order valence-corrected chi connectivity index (χ3v) is 9.42. The smallest absolute Gasteiger partial charge is 0.416 e. The second-order valence-corrected chi connectivity index (χ2v) is 12.3. The Bertz CT molecular complexity index is 1540. The second kappa shape index (κ2) is 12.6. The Morgan fingerprint density at radius 2 is 1.58 bits per heavy atom. The summed E-state index contributed by atoms with van der Waals surface area (Å²) in [4.78, 5) is 28.7. The molecule has 0 atom stereocenters. The van der Waals surface area contributed by atoms with Crippen LogP contribution in [-0.2, 0) is 19.3 Å². The van der Waals surface area contributed by atoms with Crippen molar-refractivity contribution in [3.8, 4) is 5.88 Å². The van der Waals surface area contributed by atoms with Gasteiger partial charge in [0.1, 0.15) is 0 Å². The van der Waals surface area contributed by atoms with Gasteiger partial charge in [-0.1, -0.05) is 24.3 Å². The van der Waals surface area contributed by atoms with Gasteiger partial charge in [-0.3, -0.25) is 14.6 Å². The molecule has 2 aliphatic rings. The first-order chi connectivity index (χ1) is 20.7. The van der Waals surface area contributed by atoms with E-state index in [1.165, 1.54) is 34.6 Å². The zero-order chi connectivity index (χ0) is 30.0. The van der Waals surface area contributed by atoms with Gasteiger partial charge in [0, 0.05) is 51.5 Å². The summed E-state index contributed by atoms with van der Waals surface area (Å²) in [5.41, 5.74) is 3.53. The lowest BCUT2D eigenvalue weighted by atomic mass is 9.89. The van der Waals surface area contributed by atoms with Crippen LogP contribution in [0.3, 0.4) is 0 Å². The number of halogens is 3. The van der Waals surface area contributed by atoms with Gasteiger partial charge >= 0.3 is 6.18 Å². The molecule has 7 nitrogen and oxygen atoms in total. The van der Waals surface area contributed by atoms with Crippen LogP contribution in [0, 0.1) is 0 Å². The van der Waals surface area contributed by atoms with Crippen LogP contribution in [0.15, 0.2) is 60.8 Å². The largest absolute Gasteiger partial charge is 0.481 e. The number of hydrogen-bond donors (Lipinski definition) is 0. The molecule has 2 aromatic heterocycles. The third kappa shape index (κ3) is 7.00. The average Bonchev–Trinajstić information content (AvgIpc) is 3.45. The number of benzene rings is 2. The number of likely N-dealkylation sites (tertiary alicyclic amines) is 1. The molecular weight excluding hydrogens is 575 g/mol. The minimum absolute atomic E-state index is 0.0572. The molecule has 4 heterocycles. The molecule has 4 aromatic rings. The highest BCUT2D eigenvalue weighted by atomic mass is 32.1. The normalized spacial score (nSPS) is 17.4. The number of thiazole rings is 1. The van der Waals surface area contributed by atoms with Gasteiger partial charge in [-0.05, 0) is 72.8 Å². The first-order valence-electron chi connectivity index (χ1n) is 14.5. The maximum absolute atomic E-state index is 13.3. The molecule has 0 spiro atoms. The van der Waals surface area contributed by atoms with E-state index in [0.29, 0.717) is 49.5 Å². The van der Waals surface area contributed by atoms with E-state index in [9.17, 15) is 18.0 Å². The van der Waals surface area contributed by atoms with Crippen molar-refractivity contribution in [2.75, 3.05) is 46.4 Å². The van der Waals surface area contributed by atoms with Gasteiger partial charge in [0.2, 0.25) is 5.88 Å². The summed E-state index contributed by atoms with van der Waals surface area (Å²) in [7, 11) is 1.62. The standard InChI is InChI=1S/C32H34F3N5O2S/c1-42-29-9-4-23(19-36-29)21-38-12-10-24(11-13-38)25-5-8-27-28(18-25)43-30(37-27)31(41)40-16-14-39(15-17-40)20-22-2-6-26(7-3-22)32(33,34)35/h2-9,18-19,24H,10-17,20-21H2,1H3. The highest BCUT2D eigenvalue weighted by Gasteiger charge is 2.30. The van der Waals surface area contributed by atoms with E-state index in [1.54, 1.807) is 7.11 Å². The van der Waals surface area contributed by atoms with E-state index < -0.39 is 11.7 Å². The number of pyridine rings is 1. The molecule has 2 saturated heterocycles. The molecule has 43 heavy (non-hydrogen) atoms. The highest BCUT2D eigenvalue weighted by Crippen LogP contribution is 2.33. The Morgan fingerprint density at radius 3 is 2.23 bits per heavy atom. The first kappa shape index (κ1) is 29.5. The van der Waals surface area contributed by atoms with Crippen molar-refractivity contribution in [1.82, 2.24) is 24.7 Å². The third-order valence-electron chi connectivity index (χ3n) is 8.41. The minimum atomic E-state index is -4.33. The number of aromatic nitrogens is 2. The summed E-state index contributed by atoms with van der Waals surface area (Å²) < 4.78 is 44.7. The highest BCUT2D eigenvalue weighted by molar-refractivity contribution is 7.20. The van der Waals surface area contributed by atoms with E-state index in [2.05, 4.69) is 38.0 Å². The number of alkyl halides is 3. The van der Waals surface area contributed by atoms with E-state index in [4.69, 9.17) is 4.74 Å². The SMILES string of the molecule is COc1ccc(CN2CCC(c3ccc4nc(C(=O)N5CCN(Cc6ccc(C(F)(F)F)cc6)CC5)sc4c3)CC2)cn1. The number of piperidine rings is 1. The summed E-state index contributed by atoms with van der Waals surface area (Å²) in [6.45, 7) is 5.93. The van der Waals surface area contributed by atoms with Gasteiger partial charge in [-0.15, -0.1) is 11.3 Å². The Balaban J connectivity index is 1.01.